The Kier molecular flexibility index (Phi) is 7.53. The van der Waals surface area contributed by atoms with E-state index in [1.165, 1.54) is 49.9 Å². The third kappa shape index (κ3) is 6.02. The van der Waals surface area contributed by atoms with E-state index in [1.807, 2.05) is 0 Å². The molecule has 0 aliphatic rings. The molecule has 0 radical (unpaired) electrons. The summed E-state index contributed by atoms with van der Waals surface area (Å²) in [5, 5.41) is 14.9. The zero-order valence-electron chi connectivity index (χ0n) is 17.5. The maximum Gasteiger partial charge on any atom is 0.311 e. The van der Waals surface area contributed by atoms with Gasteiger partial charge in [0.25, 0.3) is 5.91 Å². The first-order valence-corrected chi connectivity index (χ1v) is 11.0. The molecule has 0 spiro atoms. The average Bonchev–Trinajstić information content (AvgIpc) is 3.32. The van der Waals surface area contributed by atoms with Gasteiger partial charge in [0, 0.05) is 11.6 Å². The van der Waals surface area contributed by atoms with Crippen molar-refractivity contribution in [1.29, 1.82) is 0 Å². The highest BCUT2D eigenvalue weighted by Gasteiger charge is 2.27. The molecule has 0 saturated heterocycles. The number of hydrogen-bond donors (Lipinski definition) is 1. The van der Waals surface area contributed by atoms with Gasteiger partial charge in [0.2, 0.25) is 10.0 Å². The Hall–Kier alpha value is -4.03. The number of nitro groups is 1. The molecule has 1 aromatic heterocycles. The van der Waals surface area contributed by atoms with Crippen LogP contribution in [0.4, 0.5) is 5.69 Å². The molecule has 2 aromatic carbocycles. The quantitative estimate of drug-likeness (QED) is 0.271. The van der Waals surface area contributed by atoms with E-state index in [1.54, 1.807) is 30.3 Å². The van der Waals surface area contributed by atoms with E-state index in [2.05, 4.69) is 10.5 Å². The molecule has 1 N–H and O–H groups in total. The minimum atomic E-state index is -4.00. The van der Waals surface area contributed by atoms with E-state index in [0.717, 1.165) is 4.31 Å². The predicted molar refractivity (Wildman–Crippen MR) is 118 cm³/mol. The number of hydrogen-bond acceptors (Lipinski definition) is 8. The van der Waals surface area contributed by atoms with Crippen LogP contribution in [0.1, 0.15) is 11.3 Å². The maximum absolute atomic E-state index is 13.0. The topological polar surface area (TPSA) is 144 Å². The highest BCUT2D eigenvalue weighted by Crippen LogP contribution is 2.26. The van der Waals surface area contributed by atoms with Crippen molar-refractivity contribution in [1.82, 2.24) is 9.73 Å². The molecule has 172 valence electrons. The van der Waals surface area contributed by atoms with Crippen LogP contribution in [0.25, 0.3) is 0 Å². The second-order valence-electron chi connectivity index (χ2n) is 6.65. The smallest absolute Gasteiger partial charge is 0.311 e. The number of hydrazone groups is 1. The number of ether oxygens (including phenoxy) is 1. The van der Waals surface area contributed by atoms with Crippen LogP contribution in [0.5, 0.6) is 5.75 Å². The van der Waals surface area contributed by atoms with Gasteiger partial charge in [-0.15, -0.1) is 0 Å². The van der Waals surface area contributed by atoms with E-state index in [0.29, 0.717) is 11.3 Å². The van der Waals surface area contributed by atoms with Crippen molar-refractivity contribution < 1.29 is 27.3 Å². The molecule has 0 fully saturated rings. The average molecular weight is 472 g/mol. The summed E-state index contributed by atoms with van der Waals surface area (Å²) in [6.07, 6.45) is 2.61. The maximum atomic E-state index is 13.0. The van der Waals surface area contributed by atoms with E-state index >= 15 is 0 Å². The van der Waals surface area contributed by atoms with E-state index in [9.17, 15) is 23.3 Å². The van der Waals surface area contributed by atoms with Crippen LogP contribution in [0.2, 0.25) is 0 Å². The molecule has 0 saturated carbocycles. The number of amides is 1. The summed E-state index contributed by atoms with van der Waals surface area (Å²) in [5.74, 6) is -0.266. The zero-order chi connectivity index (χ0) is 23.8. The van der Waals surface area contributed by atoms with Crippen molar-refractivity contribution in [3.8, 4) is 5.75 Å². The third-order valence-electron chi connectivity index (χ3n) is 4.42. The van der Waals surface area contributed by atoms with Gasteiger partial charge in [-0.1, -0.05) is 18.2 Å². The zero-order valence-corrected chi connectivity index (χ0v) is 18.3. The fourth-order valence-electron chi connectivity index (χ4n) is 2.85. The van der Waals surface area contributed by atoms with Gasteiger partial charge in [-0.25, -0.2) is 13.8 Å². The Morgan fingerprint density at radius 2 is 1.97 bits per heavy atom. The summed E-state index contributed by atoms with van der Waals surface area (Å²) >= 11 is 0. The number of furan rings is 1. The van der Waals surface area contributed by atoms with Crippen molar-refractivity contribution in [2.24, 2.45) is 5.10 Å². The molecular formula is C21H20N4O7S. The van der Waals surface area contributed by atoms with Crippen molar-refractivity contribution in [2.75, 3.05) is 13.7 Å². The van der Waals surface area contributed by atoms with Crippen LogP contribution < -0.4 is 10.2 Å². The molecule has 1 heterocycles. The van der Waals surface area contributed by atoms with Gasteiger partial charge in [-0.3, -0.25) is 14.9 Å². The van der Waals surface area contributed by atoms with Crippen molar-refractivity contribution >= 4 is 27.8 Å². The first kappa shape index (κ1) is 23.6. The number of nitrogens with zero attached hydrogens (tertiary/aromatic N) is 3. The molecule has 0 unspecified atom stereocenters. The fraction of sp³-hybridized carbons (Fsp3) is 0.143. The van der Waals surface area contributed by atoms with Gasteiger partial charge in [0.15, 0.2) is 5.75 Å². The number of benzene rings is 2. The van der Waals surface area contributed by atoms with Crippen LogP contribution in [-0.4, -0.2) is 43.4 Å². The van der Waals surface area contributed by atoms with Gasteiger partial charge in [0.1, 0.15) is 5.76 Å². The number of rotatable bonds is 10. The first-order valence-electron chi connectivity index (χ1n) is 9.53. The number of sulfonamides is 1. The van der Waals surface area contributed by atoms with Crippen LogP contribution in [0, 0.1) is 10.1 Å². The molecule has 0 aliphatic heterocycles. The molecule has 0 aliphatic carbocycles. The lowest BCUT2D eigenvalue weighted by molar-refractivity contribution is -0.385. The van der Waals surface area contributed by atoms with Crippen LogP contribution in [0.3, 0.4) is 0 Å². The highest BCUT2D eigenvalue weighted by molar-refractivity contribution is 7.89. The molecule has 0 atom stereocenters. The second kappa shape index (κ2) is 10.5. The van der Waals surface area contributed by atoms with Gasteiger partial charge in [0.05, 0.1) is 42.5 Å². The van der Waals surface area contributed by atoms with Gasteiger partial charge >= 0.3 is 5.69 Å². The molecule has 0 bridgehead atoms. The van der Waals surface area contributed by atoms with Gasteiger partial charge in [-0.2, -0.15) is 9.41 Å². The van der Waals surface area contributed by atoms with Gasteiger partial charge < -0.3 is 9.15 Å². The molecular weight excluding hydrogens is 452 g/mol. The number of nitro benzene ring substituents is 1. The SMILES string of the molecule is COc1ccc(C=NNC(=O)CN(Cc2ccco2)S(=O)(=O)c2ccccc2)cc1[N+](=O)[O-]. The molecule has 11 nitrogen and oxygen atoms in total. The Labute approximate surface area is 189 Å². The van der Waals surface area contributed by atoms with Crippen LogP contribution >= 0.6 is 0 Å². The molecule has 3 rings (SSSR count). The summed E-state index contributed by atoms with van der Waals surface area (Å²) in [6, 6.07) is 15.1. The summed E-state index contributed by atoms with van der Waals surface area (Å²) in [6.45, 7) is -0.690. The largest absolute Gasteiger partial charge is 0.490 e. The minimum absolute atomic E-state index is 0.0263. The highest BCUT2D eigenvalue weighted by atomic mass is 32.2. The Balaban J connectivity index is 1.73. The van der Waals surface area contributed by atoms with E-state index in [-0.39, 0.29) is 22.9 Å². The van der Waals surface area contributed by atoms with Crippen molar-refractivity contribution in [3.63, 3.8) is 0 Å². The molecule has 33 heavy (non-hydrogen) atoms. The number of nitrogens with one attached hydrogen (secondary N) is 1. The Morgan fingerprint density at radius 1 is 1.21 bits per heavy atom. The minimum Gasteiger partial charge on any atom is -0.490 e. The first-order chi connectivity index (χ1) is 15.8. The van der Waals surface area contributed by atoms with Crippen molar-refractivity contribution in [3.05, 3.63) is 88.4 Å². The normalized spacial score (nSPS) is 11.6. The molecule has 3 aromatic rings. The monoisotopic (exact) mass is 472 g/mol. The fourth-order valence-corrected chi connectivity index (χ4v) is 4.23. The van der Waals surface area contributed by atoms with E-state index in [4.69, 9.17) is 9.15 Å². The van der Waals surface area contributed by atoms with Crippen LogP contribution in [-0.2, 0) is 21.4 Å². The number of methoxy groups -OCH3 is 1. The summed E-state index contributed by atoms with van der Waals surface area (Å²) in [7, 11) is -2.69. The van der Waals surface area contributed by atoms with Crippen LogP contribution in [0.15, 0.2) is 81.3 Å². The number of carbonyl (C=O) groups excluding carboxylic acids is 1. The standard InChI is InChI=1S/C21H20N4O7S/c1-31-20-10-9-16(12-19(20)25(27)28)13-22-23-21(26)15-24(14-17-6-5-11-32-17)33(29,30)18-7-3-2-4-8-18/h2-13H,14-15H2,1H3,(H,23,26). The summed E-state index contributed by atoms with van der Waals surface area (Å²) < 4.78 is 37.2. The number of carbonyl (C=O) groups is 1. The Bertz CT molecular complexity index is 1240. The third-order valence-corrected chi connectivity index (χ3v) is 6.22. The Morgan fingerprint density at radius 3 is 2.61 bits per heavy atom. The van der Waals surface area contributed by atoms with Gasteiger partial charge in [-0.05, 0) is 36.4 Å². The molecule has 12 heteroatoms. The molecule has 1 amide bonds. The summed E-state index contributed by atoms with van der Waals surface area (Å²) in [4.78, 5) is 23.0. The lowest BCUT2D eigenvalue weighted by Crippen LogP contribution is -2.38. The summed E-state index contributed by atoms with van der Waals surface area (Å²) in [5.41, 5.74) is 2.32. The second-order valence-corrected chi connectivity index (χ2v) is 8.59. The lowest BCUT2D eigenvalue weighted by atomic mass is 10.2. The lowest BCUT2D eigenvalue weighted by Gasteiger charge is -2.20. The van der Waals surface area contributed by atoms with E-state index < -0.39 is 27.4 Å². The van der Waals surface area contributed by atoms with Crippen molar-refractivity contribution in [2.45, 2.75) is 11.4 Å². The predicted octanol–water partition coefficient (Wildman–Crippen LogP) is 2.54.